The lowest BCUT2D eigenvalue weighted by atomic mass is 9.97. The monoisotopic (exact) mass is 471 g/mol. The summed E-state index contributed by atoms with van der Waals surface area (Å²) in [5.74, 6) is 1.53. The Hall–Kier alpha value is -3.50. The van der Waals surface area contributed by atoms with Gasteiger partial charge in [-0.05, 0) is 49.6 Å². The largest absolute Gasteiger partial charge is 0.495 e. The molecule has 0 aliphatic carbocycles. The van der Waals surface area contributed by atoms with E-state index in [4.69, 9.17) is 18.9 Å². The number of methoxy groups -OCH3 is 1. The fraction of sp³-hybridized carbons (Fsp3) is 0.417. The van der Waals surface area contributed by atoms with Crippen LogP contribution in [0, 0.1) is 0 Å². The SMILES string of the molecule is COc1ccccc1NC(=O)N[C@@H]1CC[C@H](CCNC(=O)c2ccc3c(c2)OCO3)O[C@@H]1CO. The van der Waals surface area contributed by atoms with Crippen LogP contribution in [-0.4, -0.2) is 62.3 Å². The van der Waals surface area contributed by atoms with Crippen LogP contribution >= 0.6 is 0 Å². The second-order valence-corrected chi connectivity index (χ2v) is 8.07. The summed E-state index contributed by atoms with van der Waals surface area (Å²) in [6, 6.07) is 11.4. The van der Waals surface area contributed by atoms with Gasteiger partial charge in [0.15, 0.2) is 11.5 Å². The molecular weight excluding hydrogens is 442 g/mol. The van der Waals surface area contributed by atoms with E-state index in [1.807, 2.05) is 6.07 Å². The highest BCUT2D eigenvalue weighted by molar-refractivity contribution is 5.95. The lowest BCUT2D eigenvalue weighted by Gasteiger charge is -2.36. The Balaban J connectivity index is 1.22. The highest BCUT2D eigenvalue weighted by atomic mass is 16.7. The number of aliphatic hydroxyl groups excluding tert-OH is 1. The maximum atomic E-state index is 12.5. The minimum atomic E-state index is -0.535. The van der Waals surface area contributed by atoms with E-state index in [1.165, 1.54) is 7.11 Å². The van der Waals surface area contributed by atoms with Gasteiger partial charge < -0.3 is 40.0 Å². The maximum absolute atomic E-state index is 12.5. The van der Waals surface area contributed by atoms with Crippen LogP contribution in [0.5, 0.6) is 17.2 Å². The lowest BCUT2D eigenvalue weighted by molar-refractivity contribution is -0.0886. The standard InChI is InChI=1S/C24H29N3O7/c1-31-19-5-3-2-4-17(19)26-24(30)27-18-8-7-16(34-22(18)13-28)10-11-25-23(29)15-6-9-20-21(12-15)33-14-32-20/h2-6,9,12,16,18,22,28H,7-8,10-11,13-14H2,1H3,(H,25,29)(H2,26,27,30)/t16-,18-,22-/m1/s1. The molecule has 2 aliphatic heterocycles. The van der Waals surface area contributed by atoms with E-state index in [2.05, 4.69) is 16.0 Å². The van der Waals surface area contributed by atoms with Gasteiger partial charge in [0.05, 0.1) is 31.5 Å². The summed E-state index contributed by atoms with van der Waals surface area (Å²) in [5, 5.41) is 18.3. The van der Waals surface area contributed by atoms with Crippen LogP contribution in [0.3, 0.4) is 0 Å². The van der Waals surface area contributed by atoms with Gasteiger partial charge in [0.2, 0.25) is 6.79 Å². The molecule has 10 heteroatoms. The normalized spacial score (nSPS) is 20.9. The Bertz CT molecular complexity index is 1020. The molecule has 2 aromatic rings. The number of ether oxygens (including phenoxy) is 4. The quantitative estimate of drug-likeness (QED) is 0.465. The van der Waals surface area contributed by atoms with E-state index in [1.54, 1.807) is 36.4 Å². The number of anilines is 1. The van der Waals surface area contributed by atoms with Crippen LogP contribution in [0.1, 0.15) is 29.6 Å². The Morgan fingerprint density at radius 1 is 1.12 bits per heavy atom. The van der Waals surface area contributed by atoms with Crippen molar-refractivity contribution in [2.45, 2.75) is 37.5 Å². The Labute approximate surface area is 197 Å². The minimum Gasteiger partial charge on any atom is -0.495 e. The molecule has 34 heavy (non-hydrogen) atoms. The van der Waals surface area contributed by atoms with Crippen molar-refractivity contribution >= 4 is 17.6 Å². The van der Waals surface area contributed by atoms with Gasteiger partial charge in [-0.2, -0.15) is 0 Å². The van der Waals surface area contributed by atoms with Crippen molar-refractivity contribution in [2.24, 2.45) is 0 Å². The topological polar surface area (TPSA) is 127 Å². The molecule has 0 saturated carbocycles. The molecule has 2 heterocycles. The van der Waals surface area contributed by atoms with Gasteiger partial charge in [0.25, 0.3) is 5.91 Å². The summed E-state index contributed by atoms with van der Waals surface area (Å²) in [6.45, 7) is 0.353. The van der Waals surface area contributed by atoms with Crippen LogP contribution < -0.4 is 30.2 Å². The average molecular weight is 472 g/mol. The van der Waals surface area contributed by atoms with E-state index >= 15 is 0 Å². The molecule has 10 nitrogen and oxygen atoms in total. The average Bonchev–Trinajstić information content (AvgIpc) is 3.33. The molecule has 0 spiro atoms. The number of carbonyl (C=O) groups is 2. The molecule has 3 atom stereocenters. The van der Waals surface area contributed by atoms with E-state index in [0.29, 0.717) is 54.3 Å². The highest BCUT2D eigenvalue weighted by Crippen LogP contribution is 2.32. The van der Waals surface area contributed by atoms with Crippen molar-refractivity contribution < 1.29 is 33.6 Å². The second-order valence-electron chi connectivity index (χ2n) is 8.07. The number of benzene rings is 2. The molecular formula is C24H29N3O7. The number of urea groups is 1. The number of amides is 3. The summed E-state index contributed by atoms with van der Waals surface area (Å²) < 4.78 is 21.8. The van der Waals surface area contributed by atoms with Gasteiger partial charge in [-0.25, -0.2) is 4.79 Å². The van der Waals surface area contributed by atoms with Gasteiger partial charge >= 0.3 is 6.03 Å². The summed E-state index contributed by atoms with van der Waals surface area (Å²) in [4.78, 5) is 24.9. The van der Waals surface area contributed by atoms with Crippen molar-refractivity contribution in [3.05, 3.63) is 48.0 Å². The minimum absolute atomic E-state index is 0.135. The number of aliphatic hydroxyl groups is 1. The molecule has 1 saturated heterocycles. The van der Waals surface area contributed by atoms with Gasteiger partial charge in [-0.15, -0.1) is 0 Å². The second kappa shape index (κ2) is 11.1. The zero-order valence-corrected chi connectivity index (χ0v) is 18.9. The van der Waals surface area contributed by atoms with Crippen LogP contribution in [0.25, 0.3) is 0 Å². The van der Waals surface area contributed by atoms with Crippen molar-refractivity contribution in [3.8, 4) is 17.2 Å². The Morgan fingerprint density at radius 2 is 1.94 bits per heavy atom. The molecule has 2 aliphatic rings. The fourth-order valence-electron chi connectivity index (χ4n) is 4.07. The third-order valence-corrected chi connectivity index (χ3v) is 5.85. The first-order valence-electron chi connectivity index (χ1n) is 11.2. The van der Waals surface area contributed by atoms with Crippen LogP contribution in [-0.2, 0) is 4.74 Å². The summed E-state index contributed by atoms with van der Waals surface area (Å²) >= 11 is 0. The van der Waals surface area contributed by atoms with Crippen molar-refractivity contribution in [3.63, 3.8) is 0 Å². The predicted octanol–water partition coefficient (Wildman–Crippen LogP) is 2.27. The number of rotatable bonds is 8. The van der Waals surface area contributed by atoms with Crippen molar-refractivity contribution in [1.82, 2.24) is 10.6 Å². The first-order chi connectivity index (χ1) is 16.6. The molecule has 0 aromatic heterocycles. The number of fused-ring (bicyclic) bond motifs is 1. The highest BCUT2D eigenvalue weighted by Gasteiger charge is 2.32. The number of carbonyl (C=O) groups excluding carboxylic acids is 2. The van der Waals surface area contributed by atoms with E-state index < -0.39 is 12.1 Å². The smallest absolute Gasteiger partial charge is 0.319 e. The molecule has 4 rings (SSSR count). The van der Waals surface area contributed by atoms with Gasteiger partial charge in [-0.3, -0.25) is 4.79 Å². The molecule has 182 valence electrons. The summed E-state index contributed by atoms with van der Waals surface area (Å²) in [7, 11) is 1.53. The zero-order valence-electron chi connectivity index (χ0n) is 18.9. The van der Waals surface area contributed by atoms with Crippen molar-refractivity contribution in [1.29, 1.82) is 0 Å². The molecule has 3 amide bonds. The van der Waals surface area contributed by atoms with Crippen LogP contribution in [0.2, 0.25) is 0 Å². The van der Waals surface area contributed by atoms with Gasteiger partial charge in [-0.1, -0.05) is 12.1 Å². The molecule has 4 N–H and O–H groups in total. The van der Waals surface area contributed by atoms with Crippen molar-refractivity contribution in [2.75, 3.05) is 32.4 Å². The molecule has 0 radical (unpaired) electrons. The molecule has 0 bridgehead atoms. The third-order valence-electron chi connectivity index (χ3n) is 5.85. The number of hydrogen-bond donors (Lipinski definition) is 4. The third kappa shape index (κ3) is 5.70. The van der Waals surface area contributed by atoms with Gasteiger partial charge in [0, 0.05) is 12.1 Å². The van der Waals surface area contributed by atoms with Crippen LogP contribution in [0.4, 0.5) is 10.5 Å². The van der Waals surface area contributed by atoms with Gasteiger partial charge in [0.1, 0.15) is 11.9 Å². The van der Waals surface area contributed by atoms with Crippen LogP contribution in [0.15, 0.2) is 42.5 Å². The lowest BCUT2D eigenvalue weighted by Crippen LogP contribution is -2.52. The number of para-hydroxylation sites is 2. The Morgan fingerprint density at radius 3 is 2.76 bits per heavy atom. The predicted molar refractivity (Wildman–Crippen MR) is 123 cm³/mol. The Kier molecular flexibility index (Phi) is 7.71. The first-order valence-corrected chi connectivity index (χ1v) is 11.2. The van der Waals surface area contributed by atoms with E-state index in [0.717, 1.165) is 0 Å². The van der Waals surface area contributed by atoms with E-state index in [9.17, 15) is 14.7 Å². The molecule has 0 unspecified atom stereocenters. The summed E-state index contributed by atoms with van der Waals surface area (Å²) in [5.41, 5.74) is 1.04. The fourth-order valence-corrected chi connectivity index (χ4v) is 4.07. The number of hydrogen-bond acceptors (Lipinski definition) is 7. The molecule has 1 fully saturated rings. The maximum Gasteiger partial charge on any atom is 0.319 e. The molecule has 2 aromatic carbocycles. The van der Waals surface area contributed by atoms with E-state index in [-0.39, 0.29) is 31.5 Å². The number of nitrogens with one attached hydrogen (secondary N) is 3. The summed E-state index contributed by atoms with van der Waals surface area (Å²) in [6.07, 6.45) is 1.25. The zero-order chi connectivity index (χ0) is 23.9. The first kappa shape index (κ1) is 23.7.